The third-order valence-corrected chi connectivity index (χ3v) is 10.9. The molecule has 0 aromatic heterocycles. The Balaban J connectivity index is 1.79. The van der Waals surface area contributed by atoms with Crippen LogP contribution in [-0.4, -0.2) is 77.5 Å². The Labute approximate surface area is 288 Å². The van der Waals surface area contributed by atoms with Crippen molar-refractivity contribution in [3.05, 3.63) is 48.5 Å². The summed E-state index contributed by atoms with van der Waals surface area (Å²) < 4.78 is 40.2. The number of rotatable bonds is 14. The van der Waals surface area contributed by atoms with E-state index in [0.29, 0.717) is 17.2 Å². The van der Waals surface area contributed by atoms with Crippen LogP contribution < -0.4 is 5.32 Å². The Morgan fingerprint density at radius 2 is 1.67 bits per heavy atom. The van der Waals surface area contributed by atoms with Gasteiger partial charge in [0.2, 0.25) is 0 Å². The van der Waals surface area contributed by atoms with Crippen molar-refractivity contribution in [3.63, 3.8) is 0 Å². The van der Waals surface area contributed by atoms with Crippen LogP contribution in [0.1, 0.15) is 81.1 Å². The van der Waals surface area contributed by atoms with E-state index >= 15 is 0 Å². The number of nitrogens with one attached hydrogen (secondary N) is 1. The molecule has 0 aliphatic carbocycles. The number of hydrogen-bond acceptors (Lipinski definition) is 9. The maximum Gasteiger partial charge on any atom is 0.418 e. The van der Waals surface area contributed by atoms with Gasteiger partial charge in [-0.1, -0.05) is 72.2 Å². The van der Waals surface area contributed by atoms with Gasteiger partial charge in [-0.2, -0.15) is 0 Å². The summed E-state index contributed by atoms with van der Waals surface area (Å²) in [5.74, 6) is -1.87. The number of carbonyl (C=O) groups is 3. The minimum Gasteiger partial charge on any atom is -0.433 e. The zero-order valence-electron chi connectivity index (χ0n) is 29.2. The van der Waals surface area contributed by atoms with Gasteiger partial charge < -0.3 is 14.8 Å². The van der Waals surface area contributed by atoms with Gasteiger partial charge in [0, 0.05) is 29.4 Å². The lowest BCUT2D eigenvalue weighted by Crippen LogP contribution is -2.59. The molecule has 11 nitrogen and oxygen atoms in total. The number of anilines is 1. The lowest BCUT2D eigenvalue weighted by Gasteiger charge is -2.35. The molecule has 1 unspecified atom stereocenters. The lowest BCUT2D eigenvalue weighted by molar-refractivity contribution is -0.137. The van der Waals surface area contributed by atoms with Gasteiger partial charge >= 0.3 is 6.09 Å². The molecule has 1 N–H and O–H groups in total. The van der Waals surface area contributed by atoms with Gasteiger partial charge in [-0.25, -0.2) is 23.1 Å². The molecule has 0 saturated carbocycles. The van der Waals surface area contributed by atoms with Crippen molar-refractivity contribution in [3.8, 4) is 0 Å². The topological polar surface area (TPSA) is 135 Å². The number of thioether (sulfide) groups is 1. The molecule has 2 aliphatic heterocycles. The SMILES string of the molecule is CCCCOCCCN1C(C(C(=O)Nc2ccccc2SC(C)(C)CC(C)(C)C)N2C(=O)OC(C)(C)C2=O)=Nc2ccccc2S1(=O)=O. The number of unbranched alkanes of at least 4 members (excludes halogenated alkanes) is 1. The highest BCUT2D eigenvalue weighted by Gasteiger charge is 2.55. The Morgan fingerprint density at radius 3 is 2.31 bits per heavy atom. The fourth-order valence-corrected chi connectivity index (χ4v) is 9.11. The number of sulfonamides is 1. The lowest BCUT2D eigenvalue weighted by atomic mass is 9.86. The molecule has 1 fully saturated rings. The first-order valence-electron chi connectivity index (χ1n) is 16.3. The van der Waals surface area contributed by atoms with Crippen molar-refractivity contribution in [1.82, 2.24) is 9.21 Å². The number of para-hydroxylation sites is 2. The molecule has 13 heteroatoms. The highest BCUT2D eigenvalue weighted by molar-refractivity contribution is 8.00. The molecule has 48 heavy (non-hydrogen) atoms. The van der Waals surface area contributed by atoms with Crippen molar-refractivity contribution in [2.75, 3.05) is 25.1 Å². The van der Waals surface area contributed by atoms with Gasteiger partial charge in [0.15, 0.2) is 17.5 Å². The number of benzene rings is 2. The van der Waals surface area contributed by atoms with Crippen LogP contribution in [0.5, 0.6) is 0 Å². The largest absolute Gasteiger partial charge is 0.433 e. The first-order valence-corrected chi connectivity index (χ1v) is 18.6. The number of aliphatic imine (C=N–C) groups is 1. The van der Waals surface area contributed by atoms with Gasteiger partial charge in [0.05, 0.1) is 11.4 Å². The van der Waals surface area contributed by atoms with Gasteiger partial charge in [-0.05, 0) is 62.8 Å². The van der Waals surface area contributed by atoms with Gasteiger partial charge in [0.25, 0.3) is 21.8 Å². The number of fused-ring (bicyclic) bond motifs is 1. The van der Waals surface area contributed by atoms with Crippen LogP contribution in [0.15, 0.2) is 63.3 Å². The molecule has 1 saturated heterocycles. The minimum absolute atomic E-state index is 0.0433. The fraction of sp³-hybridized carbons (Fsp3) is 0.543. The van der Waals surface area contributed by atoms with E-state index in [-0.39, 0.29) is 46.2 Å². The predicted octanol–water partition coefficient (Wildman–Crippen LogP) is 7.00. The van der Waals surface area contributed by atoms with Crippen LogP contribution in [0, 0.1) is 5.41 Å². The average Bonchev–Trinajstić information content (AvgIpc) is 3.17. The highest BCUT2D eigenvalue weighted by Crippen LogP contribution is 2.43. The molecule has 0 spiro atoms. The van der Waals surface area contributed by atoms with Crippen LogP contribution in [0.4, 0.5) is 16.2 Å². The van der Waals surface area contributed by atoms with Crippen LogP contribution in [0.2, 0.25) is 0 Å². The standard InChI is InChI=1S/C35H48N4O7S2/c1-9-10-21-45-22-15-20-38-29(36-25-17-12-14-19-27(25)48(38,43)44)28(39-31(41)35(7,8)46-32(39)42)30(40)37-24-16-11-13-18-26(24)47-34(5,6)23-33(2,3)4/h11-14,16-19,28H,9-10,15,20-23H2,1-8H3,(H,37,40). The van der Waals surface area contributed by atoms with E-state index < -0.39 is 39.6 Å². The molecule has 2 heterocycles. The number of ether oxygens (including phenoxy) is 2. The number of nitrogens with zero attached hydrogens (tertiary/aromatic N) is 3. The number of amidine groups is 1. The predicted molar refractivity (Wildman–Crippen MR) is 188 cm³/mol. The average molecular weight is 701 g/mol. The molecular weight excluding hydrogens is 653 g/mol. The summed E-state index contributed by atoms with van der Waals surface area (Å²) in [6, 6.07) is 11.7. The van der Waals surface area contributed by atoms with Crippen LogP contribution in [-0.2, 0) is 29.1 Å². The number of carbonyl (C=O) groups excluding carboxylic acids is 3. The summed E-state index contributed by atoms with van der Waals surface area (Å²) >= 11 is 1.59. The Morgan fingerprint density at radius 1 is 1.02 bits per heavy atom. The summed E-state index contributed by atoms with van der Waals surface area (Å²) in [6.45, 7) is 16.4. The molecule has 262 valence electrons. The monoisotopic (exact) mass is 700 g/mol. The molecule has 3 amide bonds. The van der Waals surface area contributed by atoms with E-state index in [9.17, 15) is 22.8 Å². The quantitative estimate of drug-likeness (QED) is 0.165. The second kappa shape index (κ2) is 14.6. The van der Waals surface area contributed by atoms with Gasteiger partial charge in [0.1, 0.15) is 4.90 Å². The molecule has 0 radical (unpaired) electrons. The molecule has 2 aliphatic rings. The summed E-state index contributed by atoms with van der Waals surface area (Å²) in [6.07, 6.45) is 1.92. The Kier molecular flexibility index (Phi) is 11.4. The van der Waals surface area contributed by atoms with Crippen molar-refractivity contribution >= 4 is 56.9 Å². The Hall–Kier alpha value is -3.42. The fourth-order valence-electron chi connectivity index (χ4n) is 6.01. The summed E-state index contributed by atoms with van der Waals surface area (Å²) in [5.41, 5.74) is -0.979. The van der Waals surface area contributed by atoms with Crippen LogP contribution in [0.25, 0.3) is 0 Å². The summed E-state index contributed by atoms with van der Waals surface area (Å²) in [5, 5.41) is 2.91. The molecule has 2 aromatic rings. The maximum atomic E-state index is 14.5. The van der Waals surface area contributed by atoms with Crippen molar-refractivity contribution in [2.45, 2.75) is 107 Å². The van der Waals surface area contributed by atoms with Crippen molar-refractivity contribution in [1.29, 1.82) is 0 Å². The minimum atomic E-state index is -4.25. The number of imide groups is 1. The van der Waals surface area contributed by atoms with E-state index in [0.717, 1.165) is 28.5 Å². The van der Waals surface area contributed by atoms with Crippen LogP contribution >= 0.6 is 11.8 Å². The summed E-state index contributed by atoms with van der Waals surface area (Å²) in [4.78, 5) is 47.6. The van der Waals surface area contributed by atoms with E-state index in [4.69, 9.17) is 9.47 Å². The first-order chi connectivity index (χ1) is 22.4. The smallest absolute Gasteiger partial charge is 0.418 e. The first kappa shape index (κ1) is 37.4. The number of hydrogen-bond donors (Lipinski definition) is 1. The molecule has 4 rings (SSSR count). The highest BCUT2D eigenvalue weighted by atomic mass is 32.2. The third kappa shape index (κ3) is 8.59. The zero-order chi connectivity index (χ0) is 35.5. The molecular formula is C35H48N4O7S2. The molecule has 2 aromatic carbocycles. The maximum absolute atomic E-state index is 14.5. The van der Waals surface area contributed by atoms with E-state index in [1.165, 1.54) is 26.0 Å². The number of cyclic esters (lactones) is 1. The number of amides is 3. The molecule has 0 bridgehead atoms. The zero-order valence-corrected chi connectivity index (χ0v) is 30.8. The second-order valence-corrected chi connectivity index (χ2v) is 18.0. The van der Waals surface area contributed by atoms with Crippen molar-refractivity contribution < 1.29 is 32.3 Å². The third-order valence-electron chi connectivity index (χ3n) is 7.73. The van der Waals surface area contributed by atoms with E-state index in [2.05, 4.69) is 44.9 Å². The normalized spacial score (nSPS) is 17.9. The summed E-state index contributed by atoms with van der Waals surface area (Å²) in [7, 11) is -4.25. The van der Waals surface area contributed by atoms with Crippen molar-refractivity contribution in [2.24, 2.45) is 10.4 Å². The van der Waals surface area contributed by atoms with Crippen LogP contribution in [0.3, 0.4) is 0 Å². The van der Waals surface area contributed by atoms with Gasteiger partial charge in [-0.3, -0.25) is 13.9 Å². The van der Waals surface area contributed by atoms with E-state index in [1.807, 2.05) is 19.1 Å². The van der Waals surface area contributed by atoms with Gasteiger partial charge in [-0.15, -0.1) is 11.8 Å². The second-order valence-electron chi connectivity index (χ2n) is 14.4. The Bertz CT molecular complexity index is 1660. The van der Waals surface area contributed by atoms with E-state index in [1.54, 1.807) is 36.0 Å². The molecule has 1 atom stereocenters.